The fourth-order valence-corrected chi connectivity index (χ4v) is 3.62. The molecule has 1 aromatic heterocycles. The van der Waals surface area contributed by atoms with Crippen molar-refractivity contribution in [2.45, 2.75) is 18.2 Å². The van der Waals surface area contributed by atoms with Gasteiger partial charge in [-0.2, -0.15) is 0 Å². The highest BCUT2D eigenvalue weighted by atomic mass is 127. The predicted molar refractivity (Wildman–Crippen MR) is 132 cm³/mol. The molecule has 0 radical (unpaired) electrons. The van der Waals surface area contributed by atoms with E-state index in [-0.39, 0.29) is 35.4 Å². The van der Waals surface area contributed by atoms with Crippen LogP contribution in [0.3, 0.4) is 0 Å². The Morgan fingerprint density at radius 3 is 2.52 bits per heavy atom. The summed E-state index contributed by atoms with van der Waals surface area (Å²) in [6.07, 6.45) is 3.60. The molecule has 1 heterocycles. The van der Waals surface area contributed by atoms with Crippen LogP contribution in [-0.2, 0) is 16.4 Å². The van der Waals surface area contributed by atoms with Gasteiger partial charge in [-0.1, -0.05) is 6.07 Å². The molecule has 0 aliphatic carbocycles. The number of ether oxygens (including phenoxy) is 2. The Morgan fingerprint density at radius 1 is 1.10 bits per heavy atom. The number of sulfonamides is 1. The maximum absolute atomic E-state index is 12.2. The molecule has 2 rings (SSSR count). The molecule has 0 spiro atoms. The minimum absolute atomic E-state index is 0. The van der Waals surface area contributed by atoms with Crippen LogP contribution in [0.5, 0.6) is 11.5 Å². The number of benzene rings is 1. The van der Waals surface area contributed by atoms with E-state index >= 15 is 0 Å². The SMILES string of the molecule is CCNC(=NCCNS(=O)(=O)c1cccnc1)NCCc1ccc(OC)c(OC)c1.I. The highest BCUT2D eigenvalue weighted by Gasteiger charge is 2.12. The molecule has 3 N–H and O–H groups in total. The second kappa shape index (κ2) is 14.0. The topological polar surface area (TPSA) is 114 Å². The summed E-state index contributed by atoms with van der Waals surface area (Å²) in [5.74, 6) is 2.01. The van der Waals surface area contributed by atoms with Gasteiger partial charge in [-0.3, -0.25) is 9.98 Å². The first-order chi connectivity index (χ1) is 14.5. The van der Waals surface area contributed by atoms with E-state index < -0.39 is 10.0 Å². The Kier molecular flexibility index (Phi) is 12.2. The van der Waals surface area contributed by atoms with Crippen molar-refractivity contribution >= 4 is 40.0 Å². The molecule has 2 aromatic rings. The number of pyridine rings is 1. The normalized spacial score (nSPS) is 11.4. The predicted octanol–water partition coefficient (Wildman–Crippen LogP) is 1.79. The third-order valence-corrected chi connectivity index (χ3v) is 5.56. The van der Waals surface area contributed by atoms with Gasteiger partial charge in [0.15, 0.2) is 17.5 Å². The number of rotatable bonds is 11. The molecule has 11 heteroatoms. The van der Waals surface area contributed by atoms with Crippen LogP contribution in [0.4, 0.5) is 0 Å². The van der Waals surface area contributed by atoms with E-state index in [4.69, 9.17) is 9.47 Å². The monoisotopic (exact) mass is 563 g/mol. The molecular weight excluding hydrogens is 533 g/mol. The van der Waals surface area contributed by atoms with Crippen molar-refractivity contribution in [3.63, 3.8) is 0 Å². The summed E-state index contributed by atoms with van der Waals surface area (Å²) < 4.78 is 37.5. The summed E-state index contributed by atoms with van der Waals surface area (Å²) in [6, 6.07) is 8.89. The number of halogens is 1. The molecule has 1 aromatic carbocycles. The molecule has 9 nitrogen and oxygen atoms in total. The maximum atomic E-state index is 12.2. The summed E-state index contributed by atoms with van der Waals surface area (Å²) in [5, 5.41) is 6.39. The van der Waals surface area contributed by atoms with E-state index in [9.17, 15) is 8.42 Å². The first-order valence-electron chi connectivity index (χ1n) is 9.63. The fourth-order valence-electron chi connectivity index (χ4n) is 2.64. The van der Waals surface area contributed by atoms with E-state index in [0.717, 1.165) is 12.0 Å². The Balaban J connectivity index is 0.00000480. The van der Waals surface area contributed by atoms with Gasteiger partial charge in [-0.15, -0.1) is 24.0 Å². The van der Waals surface area contributed by atoms with E-state index in [0.29, 0.717) is 37.1 Å². The average molecular weight is 563 g/mol. The van der Waals surface area contributed by atoms with Gasteiger partial charge >= 0.3 is 0 Å². The molecule has 31 heavy (non-hydrogen) atoms. The summed E-state index contributed by atoms with van der Waals surface area (Å²) >= 11 is 0. The van der Waals surface area contributed by atoms with Crippen LogP contribution in [0.15, 0.2) is 52.6 Å². The van der Waals surface area contributed by atoms with Gasteiger partial charge in [0.05, 0.1) is 20.8 Å². The number of hydrogen-bond acceptors (Lipinski definition) is 6. The van der Waals surface area contributed by atoms with Crippen LogP contribution in [0.2, 0.25) is 0 Å². The summed E-state index contributed by atoms with van der Waals surface area (Å²) in [4.78, 5) is 8.37. The third-order valence-electron chi connectivity index (χ3n) is 4.12. The molecule has 0 bridgehead atoms. The molecule has 0 atom stereocenters. The Bertz CT molecular complexity index is 926. The molecule has 0 fully saturated rings. The fraction of sp³-hybridized carbons (Fsp3) is 0.400. The largest absolute Gasteiger partial charge is 0.493 e. The third kappa shape index (κ3) is 8.87. The molecule has 0 aliphatic heterocycles. The quantitative estimate of drug-likeness (QED) is 0.165. The maximum Gasteiger partial charge on any atom is 0.242 e. The van der Waals surface area contributed by atoms with Crippen molar-refractivity contribution < 1.29 is 17.9 Å². The van der Waals surface area contributed by atoms with Crippen molar-refractivity contribution in [2.24, 2.45) is 4.99 Å². The zero-order chi connectivity index (χ0) is 21.8. The number of aromatic nitrogens is 1. The van der Waals surface area contributed by atoms with E-state index in [2.05, 4.69) is 25.3 Å². The highest BCUT2D eigenvalue weighted by molar-refractivity contribution is 14.0. The molecule has 0 saturated heterocycles. The standard InChI is InChI=1S/C20H29N5O4S.HI/c1-4-22-20(23-11-9-16-7-8-18(28-2)19(14-16)29-3)24-12-13-25-30(26,27)17-6-5-10-21-15-17;/h5-8,10,14-15,25H,4,9,11-13H2,1-3H3,(H2,22,23,24);1H. The van der Waals surface area contributed by atoms with E-state index in [1.54, 1.807) is 20.3 Å². The lowest BCUT2D eigenvalue weighted by Crippen LogP contribution is -2.39. The Morgan fingerprint density at radius 2 is 1.87 bits per heavy atom. The first kappa shape index (κ1) is 26.9. The average Bonchev–Trinajstić information content (AvgIpc) is 2.77. The smallest absolute Gasteiger partial charge is 0.242 e. The van der Waals surface area contributed by atoms with Gasteiger partial charge in [0.1, 0.15) is 4.90 Å². The number of methoxy groups -OCH3 is 2. The molecule has 0 amide bonds. The van der Waals surface area contributed by atoms with Gasteiger partial charge in [0.2, 0.25) is 10.0 Å². The van der Waals surface area contributed by atoms with Crippen LogP contribution in [0.1, 0.15) is 12.5 Å². The highest BCUT2D eigenvalue weighted by Crippen LogP contribution is 2.27. The van der Waals surface area contributed by atoms with Gasteiger partial charge < -0.3 is 20.1 Å². The van der Waals surface area contributed by atoms with Gasteiger partial charge in [0.25, 0.3) is 0 Å². The first-order valence-corrected chi connectivity index (χ1v) is 11.1. The Hall–Kier alpha value is -2.12. The lowest BCUT2D eigenvalue weighted by atomic mass is 10.1. The van der Waals surface area contributed by atoms with Crippen LogP contribution < -0.4 is 24.8 Å². The number of hydrogen-bond donors (Lipinski definition) is 3. The molecule has 172 valence electrons. The van der Waals surface area contributed by atoms with Crippen molar-refractivity contribution in [3.05, 3.63) is 48.3 Å². The van der Waals surface area contributed by atoms with E-state index in [1.807, 2.05) is 25.1 Å². The minimum Gasteiger partial charge on any atom is -0.493 e. The molecule has 0 unspecified atom stereocenters. The van der Waals surface area contributed by atoms with Crippen molar-refractivity contribution in [1.29, 1.82) is 0 Å². The van der Waals surface area contributed by atoms with Crippen molar-refractivity contribution in [2.75, 3.05) is 40.4 Å². The summed E-state index contributed by atoms with van der Waals surface area (Å²) in [6.45, 7) is 3.80. The van der Waals surface area contributed by atoms with Crippen LogP contribution in [-0.4, -0.2) is 59.8 Å². The summed E-state index contributed by atoms with van der Waals surface area (Å²) in [5.41, 5.74) is 1.10. The molecule has 0 saturated carbocycles. The second-order valence-corrected chi connectivity index (χ2v) is 7.98. The minimum atomic E-state index is -3.58. The number of nitrogens with zero attached hydrogens (tertiary/aromatic N) is 2. The van der Waals surface area contributed by atoms with Crippen molar-refractivity contribution in [1.82, 2.24) is 20.3 Å². The molecular formula is C20H30IN5O4S. The van der Waals surface area contributed by atoms with E-state index in [1.165, 1.54) is 18.5 Å². The van der Waals surface area contributed by atoms with Crippen LogP contribution >= 0.6 is 24.0 Å². The number of guanidine groups is 1. The van der Waals surface area contributed by atoms with Gasteiger partial charge in [0, 0.05) is 32.0 Å². The number of aliphatic imine (C=N–C) groups is 1. The zero-order valence-electron chi connectivity index (χ0n) is 17.9. The molecule has 0 aliphatic rings. The summed E-state index contributed by atoms with van der Waals surface area (Å²) in [7, 11) is -0.365. The van der Waals surface area contributed by atoms with Crippen LogP contribution in [0, 0.1) is 0 Å². The van der Waals surface area contributed by atoms with Gasteiger partial charge in [-0.25, -0.2) is 13.1 Å². The second-order valence-electron chi connectivity index (χ2n) is 6.21. The lowest BCUT2D eigenvalue weighted by Gasteiger charge is -2.13. The Labute approximate surface area is 201 Å². The van der Waals surface area contributed by atoms with Crippen molar-refractivity contribution in [3.8, 4) is 11.5 Å². The van der Waals surface area contributed by atoms with Crippen LogP contribution in [0.25, 0.3) is 0 Å². The zero-order valence-corrected chi connectivity index (χ0v) is 21.1. The number of nitrogens with one attached hydrogen (secondary N) is 3. The lowest BCUT2D eigenvalue weighted by molar-refractivity contribution is 0.354. The van der Waals surface area contributed by atoms with Gasteiger partial charge in [-0.05, 0) is 43.2 Å².